The molecule has 0 aromatic heterocycles. The summed E-state index contributed by atoms with van der Waals surface area (Å²) < 4.78 is 27.5. The number of nitrogens with zero attached hydrogens (tertiary/aromatic N) is 1. The molecule has 0 radical (unpaired) electrons. The van der Waals surface area contributed by atoms with Gasteiger partial charge >= 0.3 is 0 Å². The molecule has 1 aliphatic heterocycles. The molecule has 0 saturated carbocycles. The average Bonchev–Trinajstić information content (AvgIpc) is 2.31. The number of hydrogen-bond donors (Lipinski definition) is 1. The van der Waals surface area contributed by atoms with E-state index >= 15 is 0 Å². The molecular weight excluding hydrogens is 352 g/mol. The zero-order valence-electron chi connectivity index (χ0n) is 10.5. The number of benzene rings is 1. The van der Waals surface area contributed by atoms with Gasteiger partial charge in [-0.1, -0.05) is 27.5 Å². The summed E-state index contributed by atoms with van der Waals surface area (Å²) in [7, 11) is -3.57. The normalized spacial score (nSPS) is 25.5. The van der Waals surface area contributed by atoms with E-state index in [1.165, 1.54) is 4.31 Å². The van der Waals surface area contributed by atoms with Crippen LogP contribution in [-0.2, 0) is 10.0 Å². The molecule has 1 aromatic carbocycles. The minimum atomic E-state index is -3.57. The Morgan fingerprint density at radius 3 is 2.79 bits per heavy atom. The predicted molar refractivity (Wildman–Crippen MR) is 79.7 cm³/mol. The third kappa shape index (κ3) is 3.13. The first kappa shape index (κ1) is 15.3. The van der Waals surface area contributed by atoms with Gasteiger partial charge in [0.25, 0.3) is 0 Å². The average molecular weight is 368 g/mol. The molecule has 1 fully saturated rings. The number of sulfonamides is 1. The largest absolute Gasteiger partial charge is 0.328 e. The molecule has 7 heteroatoms. The molecule has 106 valence electrons. The van der Waals surface area contributed by atoms with Gasteiger partial charge in [0.1, 0.15) is 4.90 Å². The van der Waals surface area contributed by atoms with E-state index in [0.29, 0.717) is 23.9 Å². The Labute approximate surface area is 127 Å². The maximum atomic E-state index is 12.7. The molecular formula is C12H16BrClN2O2S. The lowest BCUT2D eigenvalue weighted by Gasteiger charge is -2.35. The number of nitrogens with two attached hydrogens (primary N) is 1. The van der Waals surface area contributed by atoms with Gasteiger partial charge in [-0.15, -0.1) is 0 Å². The second-order valence-corrected chi connectivity index (χ2v) is 8.01. The first-order chi connectivity index (χ1) is 8.82. The summed E-state index contributed by atoms with van der Waals surface area (Å²) >= 11 is 9.30. The lowest BCUT2D eigenvalue weighted by molar-refractivity contribution is 0.247. The van der Waals surface area contributed by atoms with E-state index in [-0.39, 0.29) is 22.0 Å². The van der Waals surface area contributed by atoms with Crippen LogP contribution in [0.5, 0.6) is 0 Å². The summed E-state index contributed by atoms with van der Waals surface area (Å²) in [4.78, 5) is 0.144. The van der Waals surface area contributed by atoms with Crippen molar-refractivity contribution in [2.45, 2.75) is 36.7 Å². The topological polar surface area (TPSA) is 63.4 Å². The fourth-order valence-electron chi connectivity index (χ4n) is 2.35. The Bertz CT molecular complexity index is 579. The number of hydrogen-bond acceptors (Lipinski definition) is 3. The minimum Gasteiger partial charge on any atom is -0.328 e. The molecule has 0 amide bonds. The van der Waals surface area contributed by atoms with Crippen LogP contribution < -0.4 is 5.73 Å². The fourth-order valence-corrected chi connectivity index (χ4v) is 5.02. The monoisotopic (exact) mass is 366 g/mol. The fraction of sp³-hybridized carbons (Fsp3) is 0.500. The van der Waals surface area contributed by atoms with Gasteiger partial charge < -0.3 is 5.73 Å². The molecule has 1 heterocycles. The highest BCUT2D eigenvalue weighted by Gasteiger charge is 2.34. The molecule has 1 aromatic rings. The van der Waals surface area contributed by atoms with Gasteiger partial charge in [0.15, 0.2) is 0 Å². The quantitative estimate of drug-likeness (QED) is 0.874. The molecule has 0 spiro atoms. The molecule has 1 saturated heterocycles. The molecule has 0 unspecified atom stereocenters. The van der Waals surface area contributed by atoms with E-state index in [9.17, 15) is 8.42 Å². The van der Waals surface area contributed by atoms with Crippen LogP contribution in [0.25, 0.3) is 0 Å². The second-order valence-electron chi connectivity index (χ2n) is 4.82. The summed E-state index contributed by atoms with van der Waals surface area (Å²) in [5.41, 5.74) is 5.87. The SMILES string of the molecule is C[C@@H]1C[C@@H](N)CCN1S(=O)(=O)c1cc(Br)ccc1Cl. The highest BCUT2D eigenvalue weighted by Crippen LogP contribution is 2.31. The van der Waals surface area contributed by atoms with Crippen molar-refractivity contribution in [1.29, 1.82) is 0 Å². The van der Waals surface area contributed by atoms with Crippen molar-refractivity contribution in [3.63, 3.8) is 0 Å². The van der Waals surface area contributed by atoms with Gasteiger partial charge in [0.2, 0.25) is 10.0 Å². The van der Waals surface area contributed by atoms with Crippen LogP contribution in [0, 0.1) is 0 Å². The van der Waals surface area contributed by atoms with Crippen molar-refractivity contribution in [2.75, 3.05) is 6.54 Å². The van der Waals surface area contributed by atoms with E-state index in [1.54, 1.807) is 18.2 Å². The van der Waals surface area contributed by atoms with Gasteiger partial charge in [-0.05, 0) is 38.0 Å². The Morgan fingerprint density at radius 1 is 1.47 bits per heavy atom. The lowest BCUT2D eigenvalue weighted by Crippen LogP contribution is -2.48. The van der Waals surface area contributed by atoms with E-state index in [0.717, 1.165) is 0 Å². The Balaban J connectivity index is 2.39. The van der Waals surface area contributed by atoms with Crippen molar-refractivity contribution in [3.8, 4) is 0 Å². The summed E-state index contributed by atoms with van der Waals surface area (Å²) in [6.45, 7) is 2.32. The highest BCUT2D eigenvalue weighted by atomic mass is 79.9. The van der Waals surface area contributed by atoms with E-state index in [1.807, 2.05) is 6.92 Å². The van der Waals surface area contributed by atoms with E-state index < -0.39 is 10.0 Å². The van der Waals surface area contributed by atoms with E-state index in [2.05, 4.69) is 15.9 Å². The van der Waals surface area contributed by atoms with Gasteiger partial charge in [0, 0.05) is 23.1 Å². The molecule has 19 heavy (non-hydrogen) atoms. The lowest BCUT2D eigenvalue weighted by atomic mass is 10.0. The molecule has 2 atom stereocenters. The van der Waals surface area contributed by atoms with Crippen LogP contribution >= 0.6 is 27.5 Å². The summed E-state index contributed by atoms with van der Waals surface area (Å²) in [6.07, 6.45) is 1.35. The van der Waals surface area contributed by atoms with Gasteiger partial charge in [0.05, 0.1) is 5.02 Å². The van der Waals surface area contributed by atoms with Crippen molar-refractivity contribution in [1.82, 2.24) is 4.31 Å². The third-order valence-electron chi connectivity index (χ3n) is 3.34. The molecule has 4 nitrogen and oxygen atoms in total. The molecule has 2 N–H and O–H groups in total. The van der Waals surface area contributed by atoms with Crippen LogP contribution in [0.3, 0.4) is 0 Å². The summed E-state index contributed by atoms with van der Waals surface area (Å²) in [6, 6.07) is 4.80. The third-order valence-corrected chi connectivity index (χ3v) is 6.32. The van der Waals surface area contributed by atoms with Gasteiger partial charge in [-0.3, -0.25) is 0 Å². The maximum Gasteiger partial charge on any atom is 0.244 e. The van der Waals surface area contributed by atoms with E-state index in [4.69, 9.17) is 17.3 Å². The van der Waals surface area contributed by atoms with Gasteiger partial charge in [-0.25, -0.2) is 8.42 Å². The van der Waals surface area contributed by atoms with Crippen LogP contribution in [0.15, 0.2) is 27.6 Å². The molecule has 0 bridgehead atoms. The Morgan fingerprint density at radius 2 is 2.16 bits per heavy atom. The first-order valence-electron chi connectivity index (χ1n) is 6.05. The summed E-state index contributed by atoms with van der Waals surface area (Å²) in [5.74, 6) is 0. The Hall–Kier alpha value is -0.140. The van der Waals surface area contributed by atoms with Crippen LogP contribution in [-0.4, -0.2) is 31.4 Å². The zero-order chi connectivity index (χ0) is 14.2. The molecule has 2 rings (SSSR count). The molecule has 1 aliphatic rings. The maximum absolute atomic E-state index is 12.7. The van der Waals surface area contributed by atoms with Crippen molar-refractivity contribution < 1.29 is 8.42 Å². The molecule has 0 aliphatic carbocycles. The number of rotatable bonds is 2. The number of piperidine rings is 1. The van der Waals surface area contributed by atoms with Crippen LogP contribution in [0.4, 0.5) is 0 Å². The van der Waals surface area contributed by atoms with Crippen molar-refractivity contribution in [3.05, 3.63) is 27.7 Å². The highest BCUT2D eigenvalue weighted by molar-refractivity contribution is 9.10. The standard InChI is InChI=1S/C12H16BrClN2O2S/c1-8-6-10(15)4-5-16(8)19(17,18)12-7-9(13)2-3-11(12)14/h2-3,7-8,10H,4-6,15H2,1H3/t8-,10+/m1/s1. The zero-order valence-corrected chi connectivity index (χ0v) is 13.7. The minimum absolute atomic E-state index is 0.0689. The second kappa shape index (κ2) is 5.69. The predicted octanol–water partition coefficient (Wildman–Crippen LogP) is 2.60. The van der Waals surface area contributed by atoms with Crippen molar-refractivity contribution >= 4 is 37.6 Å². The van der Waals surface area contributed by atoms with Crippen LogP contribution in [0.1, 0.15) is 19.8 Å². The number of halogens is 2. The van der Waals surface area contributed by atoms with Gasteiger partial charge in [-0.2, -0.15) is 4.31 Å². The smallest absolute Gasteiger partial charge is 0.244 e. The van der Waals surface area contributed by atoms with Crippen molar-refractivity contribution in [2.24, 2.45) is 5.73 Å². The first-order valence-corrected chi connectivity index (χ1v) is 8.66. The Kier molecular flexibility index (Phi) is 4.57. The summed E-state index contributed by atoms with van der Waals surface area (Å²) in [5, 5.41) is 0.241. The van der Waals surface area contributed by atoms with Crippen LogP contribution in [0.2, 0.25) is 5.02 Å².